The number of methoxy groups -OCH3 is 1. The third-order valence-corrected chi connectivity index (χ3v) is 4.67. The number of hydrogen-bond acceptors (Lipinski definition) is 5. The fourth-order valence-electron chi connectivity index (χ4n) is 2.76. The molecule has 0 atom stereocenters. The van der Waals surface area contributed by atoms with E-state index in [0.717, 1.165) is 5.56 Å². The summed E-state index contributed by atoms with van der Waals surface area (Å²) in [7, 11) is 3.16. The van der Waals surface area contributed by atoms with Gasteiger partial charge in [0.2, 0.25) is 11.8 Å². The van der Waals surface area contributed by atoms with Gasteiger partial charge in [-0.3, -0.25) is 9.59 Å². The van der Waals surface area contributed by atoms with E-state index in [1.54, 1.807) is 56.8 Å². The second kappa shape index (κ2) is 9.93. The summed E-state index contributed by atoms with van der Waals surface area (Å²) in [5.41, 5.74) is 1.49. The van der Waals surface area contributed by atoms with E-state index in [4.69, 9.17) is 20.8 Å². The predicted molar refractivity (Wildman–Crippen MR) is 115 cm³/mol. The zero-order valence-electron chi connectivity index (χ0n) is 16.7. The number of hydrogen-bond donors (Lipinski definition) is 1. The van der Waals surface area contributed by atoms with Crippen molar-refractivity contribution in [2.75, 3.05) is 26.0 Å². The highest BCUT2D eigenvalue weighted by atomic mass is 35.5. The number of aromatic nitrogens is 1. The number of likely N-dealkylation sites (N-methyl/N-ethyl adjacent to an activating group) is 1. The SMILES string of the molecule is COc1ccc(NC(=O)CN(C)C(=O)CCc2ncc(-c3ccc(Cl)cc3)o2)cc1. The molecule has 0 aliphatic heterocycles. The summed E-state index contributed by atoms with van der Waals surface area (Å²) in [6, 6.07) is 14.2. The second-order valence-corrected chi connectivity index (χ2v) is 7.09. The molecule has 1 aromatic heterocycles. The number of benzene rings is 2. The Balaban J connectivity index is 1.47. The lowest BCUT2D eigenvalue weighted by Gasteiger charge is -2.16. The predicted octanol–water partition coefficient (Wildman–Crippen LogP) is 4.03. The van der Waals surface area contributed by atoms with Crippen molar-refractivity contribution in [2.45, 2.75) is 12.8 Å². The first-order chi connectivity index (χ1) is 14.4. The Morgan fingerprint density at radius 1 is 1.13 bits per heavy atom. The van der Waals surface area contributed by atoms with Crippen LogP contribution in [0.4, 0.5) is 5.69 Å². The lowest BCUT2D eigenvalue weighted by atomic mass is 10.2. The molecule has 0 unspecified atom stereocenters. The number of nitrogens with one attached hydrogen (secondary N) is 1. The fraction of sp³-hybridized carbons (Fsp3) is 0.227. The van der Waals surface area contributed by atoms with E-state index in [1.807, 2.05) is 12.1 Å². The molecule has 0 bridgehead atoms. The topological polar surface area (TPSA) is 84.7 Å². The van der Waals surface area contributed by atoms with Crippen LogP contribution < -0.4 is 10.1 Å². The summed E-state index contributed by atoms with van der Waals surface area (Å²) in [6.45, 7) is -0.0491. The number of carbonyl (C=O) groups is 2. The summed E-state index contributed by atoms with van der Waals surface area (Å²) in [5, 5.41) is 3.39. The summed E-state index contributed by atoms with van der Waals surface area (Å²) in [4.78, 5) is 30.1. The van der Waals surface area contributed by atoms with Crippen LogP contribution in [0.3, 0.4) is 0 Å². The number of rotatable bonds is 8. The molecule has 3 aromatic rings. The number of ether oxygens (including phenoxy) is 1. The normalized spacial score (nSPS) is 10.5. The van der Waals surface area contributed by atoms with Crippen LogP contribution in [0.25, 0.3) is 11.3 Å². The largest absolute Gasteiger partial charge is 0.497 e. The molecule has 0 radical (unpaired) electrons. The van der Waals surface area contributed by atoms with Crippen LogP contribution in [0.1, 0.15) is 12.3 Å². The molecule has 8 heteroatoms. The van der Waals surface area contributed by atoms with Gasteiger partial charge in [0.1, 0.15) is 5.75 Å². The van der Waals surface area contributed by atoms with E-state index in [9.17, 15) is 9.59 Å². The van der Waals surface area contributed by atoms with Crippen LogP contribution in [0.5, 0.6) is 5.75 Å². The van der Waals surface area contributed by atoms with Crippen molar-refractivity contribution in [3.63, 3.8) is 0 Å². The van der Waals surface area contributed by atoms with Crippen molar-refractivity contribution < 1.29 is 18.7 Å². The van der Waals surface area contributed by atoms with Crippen LogP contribution in [0.2, 0.25) is 5.02 Å². The Hall–Kier alpha value is -3.32. The Labute approximate surface area is 179 Å². The number of anilines is 1. The van der Waals surface area contributed by atoms with Crippen molar-refractivity contribution in [3.8, 4) is 17.1 Å². The fourth-order valence-corrected chi connectivity index (χ4v) is 2.88. The number of halogens is 1. The van der Waals surface area contributed by atoms with Gasteiger partial charge in [-0.2, -0.15) is 0 Å². The molecule has 0 aliphatic rings. The van der Waals surface area contributed by atoms with Crippen LogP contribution in [-0.4, -0.2) is 42.4 Å². The first-order valence-electron chi connectivity index (χ1n) is 9.33. The van der Waals surface area contributed by atoms with Crippen molar-refractivity contribution in [1.29, 1.82) is 0 Å². The van der Waals surface area contributed by atoms with Crippen molar-refractivity contribution in [2.24, 2.45) is 0 Å². The zero-order chi connectivity index (χ0) is 21.5. The van der Waals surface area contributed by atoms with E-state index in [2.05, 4.69) is 10.3 Å². The van der Waals surface area contributed by atoms with Gasteiger partial charge in [0.25, 0.3) is 0 Å². The van der Waals surface area contributed by atoms with Gasteiger partial charge in [-0.25, -0.2) is 4.98 Å². The van der Waals surface area contributed by atoms with Crippen LogP contribution >= 0.6 is 11.6 Å². The highest BCUT2D eigenvalue weighted by Gasteiger charge is 2.15. The minimum absolute atomic E-state index is 0.0491. The quantitative estimate of drug-likeness (QED) is 0.586. The monoisotopic (exact) mass is 427 g/mol. The van der Waals surface area contributed by atoms with Crippen LogP contribution in [-0.2, 0) is 16.0 Å². The number of amides is 2. The van der Waals surface area contributed by atoms with Crippen LogP contribution in [0, 0.1) is 0 Å². The summed E-state index contributed by atoms with van der Waals surface area (Å²) in [6.07, 6.45) is 2.15. The molecule has 30 heavy (non-hydrogen) atoms. The van der Waals surface area contributed by atoms with Gasteiger partial charge in [0, 0.05) is 36.2 Å². The van der Waals surface area contributed by atoms with Crippen molar-refractivity contribution >= 4 is 29.1 Å². The maximum atomic E-state index is 12.3. The lowest BCUT2D eigenvalue weighted by Crippen LogP contribution is -2.35. The van der Waals surface area contributed by atoms with Crippen LogP contribution in [0.15, 0.2) is 59.1 Å². The van der Waals surface area contributed by atoms with E-state index in [0.29, 0.717) is 34.5 Å². The molecular formula is C22H22ClN3O4. The summed E-state index contributed by atoms with van der Waals surface area (Å²) in [5.74, 6) is 1.32. The molecular weight excluding hydrogens is 406 g/mol. The molecule has 0 aliphatic carbocycles. The Bertz CT molecular complexity index is 1000. The van der Waals surface area contributed by atoms with Gasteiger partial charge in [-0.1, -0.05) is 11.6 Å². The summed E-state index contributed by atoms with van der Waals surface area (Å²) < 4.78 is 10.8. The average molecular weight is 428 g/mol. The van der Waals surface area contributed by atoms with E-state index < -0.39 is 0 Å². The number of oxazole rings is 1. The number of nitrogens with zero attached hydrogens (tertiary/aromatic N) is 2. The molecule has 2 amide bonds. The van der Waals surface area contributed by atoms with Gasteiger partial charge in [0.15, 0.2) is 11.7 Å². The molecule has 2 aromatic carbocycles. The molecule has 0 saturated heterocycles. The third kappa shape index (κ3) is 5.84. The van der Waals surface area contributed by atoms with Gasteiger partial charge >= 0.3 is 0 Å². The van der Waals surface area contributed by atoms with E-state index >= 15 is 0 Å². The third-order valence-electron chi connectivity index (χ3n) is 4.42. The average Bonchev–Trinajstić information content (AvgIpc) is 3.22. The van der Waals surface area contributed by atoms with Gasteiger partial charge in [0.05, 0.1) is 19.9 Å². The van der Waals surface area contributed by atoms with E-state index in [1.165, 1.54) is 4.90 Å². The number of aryl methyl sites for hydroxylation is 1. The minimum Gasteiger partial charge on any atom is -0.497 e. The van der Waals surface area contributed by atoms with E-state index in [-0.39, 0.29) is 24.8 Å². The summed E-state index contributed by atoms with van der Waals surface area (Å²) >= 11 is 5.89. The molecule has 0 saturated carbocycles. The molecule has 1 heterocycles. The highest BCUT2D eigenvalue weighted by molar-refractivity contribution is 6.30. The van der Waals surface area contributed by atoms with Gasteiger partial charge in [-0.05, 0) is 48.5 Å². The zero-order valence-corrected chi connectivity index (χ0v) is 17.5. The molecule has 0 fully saturated rings. The number of carbonyl (C=O) groups excluding carboxylic acids is 2. The first-order valence-corrected chi connectivity index (χ1v) is 9.71. The molecule has 156 valence electrons. The smallest absolute Gasteiger partial charge is 0.243 e. The standard InChI is InChI=1S/C22H22ClN3O4/c1-26(14-20(27)25-17-7-9-18(29-2)10-8-17)22(28)12-11-21-24-13-19(30-21)15-3-5-16(23)6-4-15/h3-10,13H,11-12,14H2,1-2H3,(H,25,27). The maximum absolute atomic E-state index is 12.3. The molecule has 1 N–H and O–H groups in total. The Morgan fingerprint density at radius 2 is 1.83 bits per heavy atom. The van der Waals surface area contributed by atoms with Gasteiger partial charge in [-0.15, -0.1) is 0 Å². The highest BCUT2D eigenvalue weighted by Crippen LogP contribution is 2.22. The van der Waals surface area contributed by atoms with Gasteiger partial charge < -0.3 is 19.4 Å². The van der Waals surface area contributed by atoms with Crippen molar-refractivity contribution in [1.82, 2.24) is 9.88 Å². The second-order valence-electron chi connectivity index (χ2n) is 6.65. The molecule has 7 nitrogen and oxygen atoms in total. The lowest BCUT2D eigenvalue weighted by molar-refractivity contribution is -0.133. The Morgan fingerprint density at radius 3 is 2.50 bits per heavy atom. The molecule has 0 spiro atoms. The maximum Gasteiger partial charge on any atom is 0.243 e. The minimum atomic E-state index is -0.280. The Kier molecular flexibility index (Phi) is 7.08. The molecule has 3 rings (SSSR count). The van der Waals surface area contributed by atoms with Crippen molar-refractivity contribution in [3.05, 3.63) is 65.6 Å². The first kappa shape index (κ1) is 21.4.